The summed E-state index contributed by atoms with van der Waals surface area (Å²) >= 11 is 0. The fourth-order valence-corrected chi connectivity index (χ4v) is 2.61. The Morgan fingerprint density at radius 1 is 1.38 bits per heavy atom. The Labute approximate surface area is 96.9 Å². The van der Waals surface area contributed by atoms with Crippen molar-refractivity contribution in [2.45, 2.75) is 44.7 Å². The highest BCUT2D eigenvalue weighted by molar-refractivity contribution is 5.82. The molecule has 4 nitrogen and oxygen atoms in total. The minimum absolute atomic E-state index is 0.0313. The number of nitrogens with one attached hydrogen (secondary N) is 1. The second-order valence-corrected chi connectivity index (χ2v) is 5.26. The van der Waals surface area contributed by atoms with Crippen molar-refractivity contribution in [3.63, 3.8) is 0 Å². The molecule has 1 saturated carbocycles. The maximum atomic E-state index is 11.9. The van der Waals surface area contributed by atoms with Crippen molar-refractivity contribution in [2.75, 3.05) is 13.2 Å². The Hall–Kier alpha value is -0.610. The van der Waals surface area contributed by atoms with Gasteiger partial charge in [-0.2, -0.15) is 0 Å². The van der Waals surface area contributed by atoms with Gasteiger partial charge in [0.2, 0.25) is 5.91 Å². The molecule has 2 aliphatic rings. The molecule has 2 rings (SSSR count). The molecule has 3 N–H and O–H groups in total. The average Bonchev–Trinajstić information content (AvgIpc) is 2.27. The maximum Gasteiger partial charge on any atom is 0.237 e. The molecule has 1 heterocycles. The minimum atomic E-state index is -0.347. The van der Waals surface area contributed by atoms with Gasteiger partial charge in [0.15, 0.2) is 0 Å². The van der Waals surface area contributed by atoms with Gasteiger partial charge in [-0.25, -0.2) is 0 Å². The van der Waals surface area contributed by atoms with Crippen LogP contribution in [0.25, 0.3) is 0 Å². The first-order valence-electron chi connectivity index (χ1n) is 6.30. The number of hydrogen-bond donors (Lipinski definition) is 2. The van der Waals surface area contributed by atoms with Gasteiger partial charge in [0.1, 0.15) is 0 Å². The number of nitrogens with two attached hydrogens (primary N) is 1. The first-order chi connectivity index (χ1) is 7.66. The molecule has 0 aromatic heterocycles. The lowest BCUT2D eigenvalue weighted by molar-refractivity contribution is -0.125. The molecule has 1 atom stereocenters. The van der Waals surface area contributed by atoms with Gasteiger partial charge in [-0.1, -0.05) is 6.92 Å². The van der Waals surface area contributed by atoms with Crippen LogP contribution in [0.15, 0.2) is 0 Å². The van der Waals surface area contributed by atoms with Crippen LogP contribution in [0.1, 0.15) is 32.6 Å². The monoisotopic (exact) mass is 226 g/mol. The third-order valence-corrected chi connectivity index (χ3v) is 3.80. The molecule has 1 aliphatic carbocycles. The fraction of sp³-hybridized carbons (Fsp3) is 0.917. The Balaban J connectivity index is 1.74. The Morgan fingerprint density at radius 3 is 2.56 bits per heavy atom. The smallest absolute Gasteiger partial charge is 0.237 e. The van der Waals surface area contributed by atoms with Crippen molar-refractivity contribution in [2.24, 2.45) is 17.6 Å². The molecule has 1 unspecified atom stereocenters. The van der Waals surface area contributed by atoms with Crippen molar-refractivity contribution in [1.29, 1.82) is 0 Å². The van der Waals surface area contributed by atoms with E-state index in [0.29, 0.717) is 12.0 Å². The van der Waals surface area contributed by atoms with Crippen molar-refractivity contribution < 1.29 is 9.53 Å². The highest BCUT2D eigenvalue weighted by Crippen LogP contribution is 2.26. The molecular formula is C12H22N2O2. The van der Waals surface area contributed by atoms with Gasteiger partial charge >= 0.3 is 0 Å². The van der Waals surface area contributed by atoms with E-state index in [1.165, 1.54) is 0 Å². The van der Waals surface area contributed by atoms with Crippen LogP contribution >= 0.6 is 0 Å². The van der Waals surface area contributed by atoms with E-state index in [4.69, 9.17) is 10.5 Å². The van der Waals surface area contributed by atoms with Crippen LogP contribution in [0.5, 0.6) is 0 Å². The molecule has 0 bridgehead atoms. The van der Waals surface area contributed by atoms with Gasteiger partial charge < -0.3 is 15.8 Å². The summed E-state index contributed by atoms with van der Waals surface area (Å²) in [5.74, 6) is 1.08. The summed E-state index contributed by atoms with van der Waals surface area (Å²) in [4.78, 5) is 11.9. The minimum Gasteiger partial charge on any atom is -0.381 e. The number of amides is 1. The van der Waals surface area contributed by atoms with Crippen LogP contribution in [0.4, 0.5) is 0 Å². The van der Waals surface area contributed by atoms with Crippen LogP contribution in [0, 0.1) is 11.8 Å². The summed E-state index contributed by atoms with van der Waals surface area (Å²) in [6.45, 7) is 3.69. The molecule has 0 aromatic carbocycles. The van der Waals surface area contributed by atoms with Gasteiger partial charge in [-0.3, -0.25) is 4.79 Å². The summed E-state index contributed by atoms with van der Waals surface area (Å²) in [5.41, 5.74) is 5.99. The molecule has 1 saturated heterocycles. The van der Waals surface area contributed by atoms with Crippen LogP contribution < -0.4 is 11.1 Å². The van der Waals surface area contributed by atoms with Crippen molar-refractivity contribution in [3.05, 3.63) is 0 Å². The third-order valence-electron chi connectivity index (χ3n) is 3.80. The van der Waals surface area contributed by atoms with E-state index in [9.17, 15) is 4.79 Å². The van der Waals surface area contributed by atoms with E-state index in [1.807, 2.05) is 0 Å². The second-order valence-electron chi connectivity index (χ2n) is 5.26. The lowest BCUT2D eigenvalue weighted by Gasteiger charge is -2.35. The standard InChI is InChI=1S/C12H22N2O2/c1-8-6-10(7-8)14-12(15)11(13)9-2-4-16-5-3-9/h8-11H,2-7,13H2,1H3,(H,14,15). The summed E-state index contributed by atoms with van der Waals surface area (Å²) in [6, 6.07) is 0.0215. The molecule has 0 aromatic rings. The van der Waals surface area contributed by atoms with E-state index in [1.54, 1.807) is 0 Å². The molecule has 0 spiro atoms. The van der Waals surface area contributed by atoms with Gasteiger partial charge in [0.25, 0.3) is 0 Å². The lowest BCUT2D eigenvalue weighted by atomic mass is 9.81. The zero-order valence-corrected chi connectivity index (χ0v) is 9.95. The van der Waals surface area contributed by atoms with Gasteiger partial charge in [0.05, 0.1) is 6.04 Å². The summed E-state index contributed by atoms with van der Waals surface area (Å²) in [6.07, 6.45) is 4.03. The zero-order chi connectivity index (χ0) is 11.5. The molecular weight excluding hydrogens is 204 g/mol. The number of carbonyl (C=O) groups excluding carboxylic acids is 1. The van der Waals surface area contributed by atoms with Gasteiger partial charge in [-0.05, 0) is 37.5 Å². The lowest BCUT2D eigenvalue weighted by Crippen LogP contribution is -2.52. The average molecular weight is 226 g/mol. The Kier molecular flexibility index (Phi) is 3.82. The van der Waals surface area contributed by atoms with E-state index < -0.39 is 0 Å². The number of rotatable bonds is 3. The van der Waals surface area contributed by atoms with Gasteiger partial charge in [0, 0.05) is 19.3 Å². The molecule has 1 amide bonds. The topological polar surface area (TPSA) is 64.4 Å². The number of ether oxygens (including phenoxy) is 1. The highest BCUT2D eigenvalue weighted by Gasteiger charge is 2.31. The van der Waals surface area contributed by atoms with E-state index in [-0.39, 0.29) is 11.9 Å². The first kappa shape index (κ1) is 11.9. The summed E-state index contributed by atoms with van der Waals surface area (Å²) in [5, 5.41) is 3.04. The van der Waals surface area contributed by atoms with Crippen LogP contribution in [-0.4, -0.2) is 31.2 Å². The van der Waals surface area contributed by atoms with E-state index in [2.05, 4.69) is 12.2 Å². The van der Waals surface area contributed by atoms with Gasteiger partial charge in [-0.15, -0.1) is 0 Å². The second kappa shape index (κ2) is 5.15. The highest BCUT2D eigenvalue weighted by atomic mass is 16.5. The van der Waals surface area contributed by atoms with Crippen molar-refractivity contribution in [3.8, 4) is 0 Å². The predicted molar refractivity (Wildman–Crippen MR) is 61.8 cm³/mol. The normalized spacial score (nSPS) is 32.9. The van der Waals surface area contributed by atoms with Crippen molar-refractivity contribution >= 4 is 5.91 Å². The third kappa shape index (κ3) is 2.74. The molecule has 0 radical (unpaired) electrons. The number of hydrogen-bond acceptors (Lipinski definition) is 3. The van der Waals surface area contributed by atoms with Crippen LogP contribution in [0.2, 0.25) is 0 Å². The van der Waals surface area contributed by atoms with E-state index >= 15 is 0 Å². The largest absolute Gasteiger partial charge is 0.381 e. The maximum absolute atomic E-state index is 11.9. The number of carbonyl (C=O) groups is 1. The first-order valence-corrected chi connectivity index (χ1v) is 6.30. The van der Waals surface area contributed by atoms with Crippen LogP contribution in [-0.2, 0) is 9.53 Å². The molecule has 92 valence electrons. The van der Waals surface area contributed by atoms with Crippen LogP contribution in [0.3, 0.4) is 0 Å². The SMILES string of the molecule is CC1CC(NC(=O)C(N)C2CCOCC2)C1. The predicted octanol–water partition coefficient (Wildman–Crippen LogP) is 0.655. The Bertz CT molecular complexity index is 245. The molecule has 4 heteroatoms. The van der Waals surface area contributed by atoms with Crippen molar-refractivity contribution in [1.82, 2.24) is 5.32 Å². The summed E-state index contributed by atoms with van der Waals surface area (Å²) in [7, 11) is 0. The summed E-state index contributed by atoms with van der Waals surface area (Å²) < 4.78 is 5.27. The molecule has 1 aliphatic heterocycles. The van der Waals surface area contributed by atoms with E-state index in [0.717, 1.165) is 44.8 Å². The molecule has 2 fully saturated rings. The molecule has 16 heavy (non-hydrogen) atoms. The quantitative estimate of drug-likeness (QED) is 0.743. The Morgan fingerprint density at radius 2 is 2.00 bits per heavy atom. The zero-order valence-electron chi connectivity index (χ0n) is 9.95. The fourth-order valence-electron chi connectivity index (χ4n) is 2.61.